The fraction of sp³-hybridized carbons (Fsp3) is 0.0667. The van der Waals surface area contributed by atoms with Gasteiger partial charge in [-0.1, -0.05) is 41.4 Å². The first kappa shape index (κ1) is 12.4. The van der Waals surface area contributed by atoms with Crippen molar-refractivity contribution in [2.24, 2.45) is 0 Å². The van der Waals surface area contributed by atoms with Gasteiger partial charge in [-0.2, -0.15) is 0 Å². The lowest BCUT2D eigenvalue weighted by atomic mass is 10.2. The van der Waals surface area contributed by atoms with E-state index in [0.717, 1.165) is 32.3 Å². The van der Waals surface area contributed by atoms with Crippen molar-refractivity contribution in [1.29, 1.82) is 0 Å². The second-order valence-corrected chi connectivity index (χ2v) is 5.14. The van der Waals surface area contributed by atoms with E-state index >= 15 is 0 Å². The molecule has 96 valence electrons. The van der Waals surface area contributed by atoms with Crippen LogP contribution in [0.4, 0.5) is 5.69 Å². The standard InChI is InChI=1S/C15H12Cl2N2/c16-10-5-7-11(8-6-10)18-9-14-15(17)12-3-1-2-4-13(12)19-14/h1-8,18-19H,9H2. The fourth-order valence-electron chi connectivity index (χ4n) is 2.04. The summed E-state index contributed by atoms with van der Waals surface area (Å²) in [7, 11) is 0. The van der Waals surface area contributed by atoms with Crippen LogP contribution in [0.2, 0.25) is 10.0 Å². The van der Waals surface area contributed by atoms with Crippen LogP contribution in [0.5, 0.6) is 0 Å². The maximum atomic E-state index is 6.36. The van der Waals surface area contributed by atoms with Crippen LogP contribution in [0.1, 0.15) is 5.69 Å². The van der Waals surface area contributed by atoms with E-state index in [1.165, 1.54) is 0 Å². The van der Waals surface area contributed by atoms with Gasteiger partial charge in [0.1, 0.15) is 0 Å². The molecule has 3 rings (SSSR count). The van der Waals surface area contributed by atoms with Crippen LogP contribution < -0.4 is 5.32 Å². The molecule has 0 aliphatic rings. The second-order valence-electron chi connectivity index (χ2n) is 4.32. The number of hydrogen-bond acceptors (Lipinski definition) is 1. The summed E-state index contributed by atoms with van der Waals surface area (Å²) < 4.78 is 0. The molecule has 0 spiro atoms. The van der Waals surface area contributed by atoms with E-state index in [-0.39, 0.29) is 0 Å². The van der Waals surface area contributed by atoms with Crippen LogP contribution in [0.15, 0.2) is 48.5 Å². The lowest BCUT2D eigenvalue weighted by Gasteiger charge is -2.05. The summed E-state index contributed by atoms with van der Waals surface area (Å²) in [6.07, 6.45) is 0. The van der Waals surface area contributed by atoms with E-state index in [4.69, 9.17) is 23.2 Å². The zero-order valence-electron chi connectivity index (χ0n) is 10.1. The summed E-state index contributed by atoms with van der Waals surface area (Å²) in [5.74, 6) is 0. The number of benzene rings is 2. The van der Waals surface area contributed by atoms with Gasteiger partial charge < -0.3 is 10.3 Å². The summed E-state index contributed by atoms with van der Waals surface area (Å²) in [6.45, 7) is 0.648. The predicted molar refractivity (Wildman–Crippen MR) is 82.1 cm³/mol. The Labute approximate surface area is 121 Å². The van der Waals surface area contributed by atoms with Gasteiger partial charge >= 0.3 is 0 Å². The Kier molecular flexibility index (Phi) is 3.36. The van der Waals surface area contributed by atoms with Crippen LogP contribution in [0, 0.1) is 0 Å². The van der Waals surface area contributed by atoms with Gasteiger partial charge in [-0.25, -0.2) is 0 Å². The summed E-state index contributed by atoms with van der Waals surface area (Å²) in [4.78, 5) is 3.32. The number of aromatic nitrogens is 1. The highest BCUT2D eigenvalue weighted by Gasteiger charge is 2.08. The van der Waals surface area contributed by atoms with Crippen LogP contribution in [-0.4, -0.2) is 4.98 Å². The molecule has 1 aromatic heterocycles. The zero-order valence-corrected chi connectivity index (χ0v) is 11.6. The van der Waals surface area contributed by atoms with Crippen molar-refractivity contribution in [1.82, 2.24) is 4.98 Å². The molecule has 0 aliphatic heterocycles. The van der Waals surface area contributed by atoms with Crippen molar-refractivity contribution in [3.8, 4) is 0 Å². The molecular formula is C15H12Cl2N2. The minimum Gasteiger partial charge on any atom is -0.379 e. The first-order valence-electron chi connectivity index (χ1n) is 5.98. The van der Waals surface area contributed by atoms with Crippen molar-refractivity contribution in [2.75, 3.05) is 5.32 Å². The molecule has 0 saturated heterocycles. The Morgan fingerprint density at radius 3 is 2.42 bits per heavy atom. The maximum Gasteiger partial charge on any atom is 0.0710 e. The average Bonchev–Trinajstić information content (AvgIpc) is 2.76. The number of hydrogen-bond donors (Lipinski definition) is 2. The summed E-state index contributed by atoms with van der Waals surface area (Å²) >= 11 is 12.2. The normalized spacial score (nSPS) is 10.8. The maximum absolute atomic E-state index is 6.36. The molecule has 19 heavy (non-hydrogen) atoms. The van der Waals surface area contributed by atoms with Crippen LogP contribution in [0.3, 0.4) is 0 Å². The highest BCUT2D eigenvalue weighted by Crippen LogP contribution is 2.27. The highest BCUT2D eigenvalue weighted by molar-refractivity contribution is 6.36. The first-order valence-corrected chi connectivity index (χ1v) is 6.74. The molecule has 4 heteroatoms. The van der Waals surface area contributed by atoms with E-state index < -0.39 is 0 Å². The lowest BCUT2D eigenvalue weighted by Crippen LogP contribution is -1.99. The van der Waals surface area contributed by atoms with E-state index in [1.807, 2.05) is 48.5 Å². The molecule has 0 radical (unpaired) electrons. The smallest absolute Gasteiger partial charge is 0.0710 e. The number of nitrogens with one attached hydrogen (secondary N) is 2. The number of H-pyrrole nitrogens is 1. The number of rotatable bonds is 3. The average molecular weight is 291 g/mol. The van der Waals surface area contributed by atoms with Gasteiger partial charge in [0, 0.05) is 21.6 Å². The van der Waals surface area contributed by atoms with E-state index in [0.29, 0.717) is 6.54 Å². The third-order valence-electron chi connectivity index (χ3n) is 3.03. The summed E-state index contributed by atoms with van der Waals surface area (Å²) in [5, 5.41) is 5.87. The van der Waals surface area contributed by atoms with Crippen LogP contribution in [-0.2, 0) is 6.54 Å². The minimum atomic E-state index is 0.648. The Balaban J connectivity index is 1.82. The van der Waals surface area contributed by atoms with Crippen molar-refractivity contribution in [3.05, 3.63) is 64.3 Å². The van der Waals surface area contributed by atoms with Crippen LogP contribution >= 0.6 is 23.2 Å². The largest absolute Gasteiger partial charge is 0.379 e. The van der Waals surface area contributed by atoms with Crippen LogP contribution in [0.25, 0.3) is 10.9 Å². The van der Waals surface area contributed by atoms with Crippen molar-refractivity contribution in [2.45, 2.75) is 6.54 Å². The van der Waals surface area contributed by atoms with E-state index in [2.05, 4.69) is 10.3 Å². The van der Waals surface area contributed by atoms with Gasteiger partial charge in [0.2, 0.25) is 0 Å². The van der Waals surface area contributed by atoms with Gasteiger partial charge in [-0.15, -0.1) is 0 Å². The van der Waals surface area contributed by atoms with Crippen molar-refractivity contribution >= 4 is 39.8 Å². The van der Waals surface area contributed by atoms with Gasteiger partial charge in [-0.3, -0.25) is 0 Å². The molecule has 3 aromatic rings. The second kappa shape index (κ2) is 5.16. The van der Waals surface area contributed by atoms with Gasteiger partial charge in [0.15, 0.2) is 0 Å². The lowest BCUT2D eigenvalue weighted by molar-refractivity contribution is 1.09. The predicted octanol–water partition coefficient (Wildman–Crippen LogP) is 5.09. The molecule has 0 fully saturated rings. The Hall–Kier alpha value is -1.64. The zero-order chi connectivity index (χ0) is 13.2. The molecule has 1 heterocycles. The number of aromatic amines is 1. The molecule has 0 amide bonds. The number of para-hydroxylation sites is 1. The fourth-order valence-corrected chi connectivity index (χ4v) is 2.45. The molecule has 0 saturated carbocycles. The van der Waals surface area contributed by atoms with Gasteiger partial charge in [0.25, 0.3) is 0 Å². The molecular weight excluding hydrogens is 279 g/mol. The quantitative estimate of drug-likeness (QED) is 0.691. The number of halogens is 2. The van der Waals surface area contributed by atoms with Gasteiger partial charge in [0.05, 0.1) is 17.3 Å². The monoisotopic (exact) mass is 290 g/mol. The third kappa shape index (κ3) is 2.55. The molecule has 0 unspecified atom stereocenters. The topological polar surface area (TPSA) is 27.8 Å². The molecule has 0 atom stereocenters. The SMILES string of the molecule is Clc1ccc(NCc2[nH]c3ccccc3c2Cl)cc1. The Morgan fingerprint density at radius 1 is 0.947 bits per heavy atom. The third-order valence-corrected chi connectivity index (χ3v) is 3.71. The highest BCUT2D eigenvalue weighted by atomic mass is 35.5. The molecule has 2 aromatic carbocycles. The van der Waals surface area contributed by atoms with Gasteiger partial charge in [-0.05, 0) is 30.3 Å². The summed E-state index contributed by atoms with van der Waals surface area (Å²) in [5.41, 5.74) is 3.05. The first-order chi connectivity index (χ1) is 9.24. The number of anilines is 1. The summed E-state index contributed by atoms with van der Waals surface area (Å²) in [6, 6.07) is 15.6. The molecule has 2 N–H and O–H groups in total. The van der Waals surface area contributed by atoms with E-state index in [9.17, 15) is 0 Å². The van der Waals surface area contributed by atoms with E-state index in [1.54, 1.807) is 0 Å². The molecule has 2 nitrogen and oxygen atoms in total. The Bertz CT molecular complexity index is 702. The molecule has 0 bridgehead atoms. The number of fused-ring (bicyclic) bond motifs is 1. The Morgan fingerprint density at radius 2 is 1.68 bits per heavy atom. The van der Waals surface area contributed by atoms with Crippen molar-refractivity contribution in [3.63, 3.8) is 0 Å². The van der Waals surface area contributed by atoms with Crippen molar-refractivity contribution < 1.29 is 0 Å². The minimum absolute atomic E-state index is 0.648. The molecule has 0 aliphatic carbocycles.